The third kappa shape index (κ3) is 6.43. The van der Waals surface area contributed by atoms with Crippen molar-refractivity contribution in [2.24, 2.45) is 5.92 Å². The third-order valence-corrected chi connectivity index (χ3v) is 6.56. The molecule has 3 rings (SSSR count). The second kappa shape index (κ2) is 11.7. The highest BCUT2D eigenvalue weighted by molar-refractivity contribution is 6.31. The molecule has 0 bridgehead atoms. The van der Waals surface area contributed by atoms with Crippen LogP contribution in [0.1, 0.15) is 50.6 Å². The fourth-order valence-electron chi connectivity index (χ4n) is 4.45. The molecular weight excluding hydrogens is 400 g/mol. The monoisotopic (exact) mass is 434 g/mol. The number of benzene rings is 1. The van der Waals surface area contributed by atoms with Crippen LogP contribution >= 0.6 is 11.6 Å². The molecule has 7 heteroatoms. The van der Waals surface area contributed by atoms with Crippen LogP contribution in [0.15, 0.2) is 24.3 Å². The van der Waals surface area contributed by atoms with Crippen molar-refractivity contribution >= 4 is 23.4 Å². The molecule has 0 saturated carbocycles. The molecule has 0 aromatic heterocycles. The number of carbonyl (C=O) groups is 2. The van der Waals surface area contributed by atoms with E-state index in [2.05, 4.69) is 33.4 Å². The molecule has 30 heavy (non-hydrogen) atoms. The topological polar surface area (TPSA) is 64.7 Å². The smallest absolute Gasteiger partial charge is 0.234 e. The number of nitrogens with one attached hydrogen (secondary N) is 2. The Labute approximate surface area is 185 Å². The minimum absolute atomic E-state index is 0.0418. The van der Waals surface area contributed by atoms with Crippen LogP contribution in [0.25, 0.3) is 0 Å². The Kier molecular flexibility index (Phi) is 8.97. The molecule has 1 atom stereocenters. The van der Waals surface area contributed by atoms with Gasteiger partial charge in [-0.2, -0.15) is 0 Å². The van der Waals surface area contributed by atoms with Crippen LogP contribution in [0, 0.1) is 5.92 Å². The van der Waals surface area contributed by atoms with E-state index in [0.717, 1.165) is 62.6 Å². The maximum atomic E-state index is 12.6. The zero-order chi connectivity index (χ0) is 21.3. The summed E-state index contributed by atoms with van der Waals surface area (Å²) in [6, 6.07) is 8.04. The van der Waals surface area contributed by atoms with Crippen LogP contribution in [0.3, 0.4) is 0 Å². The molecule has 2 saturated heterocycles. The van der Waals surface area contributed by atoms with E-state index in [1.165, 1.54) is 12.8 Å². The van der Waals surface area contributed by atoms with E-state index in [-0.39, 0.29) is 23.8 Å². The fourth-order valence-corrected chi connectivity index (χ4v) is 4.71. The molecule has 2 aliphatic heterocycles. The van der Waals surface area contributed by atoms with Crippen LogP contribution < -0.4 is 10.6 Å². The zero-order valence-corrected chi connectivity index (χ0v) is 18.8. The SMILES string of the molecule is CCCNC(=O)C1CCN(CC(=O)NCC(c2ccccc2Cl)N2CCCC2)CC1. The number of carbonyl (C=O) groups excluding carboxylic acids is 2. The maximum Gasteiger partial charge on any atom is 0.234 e. The molecule has 2 aliphatic rings. The number of piperidine rings is 1. The minimum Gasteiger partial charge on any atom is -0.356 e. The molecule has 2 amide bonds. The average molecular weight is 435 g/mol. The molecular formula is C23H35ClN4O2. The van der Waals surface area contributed by atoms with E-state index in [0.29, 0.717) is 13.1 Å². The van der Waals surface area contributed by atoms with Gasteiger partial charge >= 0.3 is 0 Å². The zero-order valence-electron chi connectivity index (χ0n) is 18.0. The Morgan fingerprint density at radius 3 is 2.47 bits per heavy atom. The molecule has 2 heterocycles. The van der Waals surface area contributed by atoms with E-state index in [1.807, 2.05) is 18.2 Å². The summed E-state index contributed by atoms with van der Waals surface area (Å²) in [6.45, 7) is 7.41. The van der Waals surface area contributed by atoms with Crippen molar-refractivity contribution in [1.82, 2.24) is 20.4 Å². The molecule has 1 aromatic carbocycles. The van der Waals surface area contributed by atoms with Gasteiger partial charge in [0.25, 0.3) is 0 Å². The van der Waals surface area contributed by atoms with Gasteiger partial charge in [-0.1, -0.05) is 36.7 Å². The molecule has 166 valence electrons. The first-order valence-electron chi connectivity index (χ1n) is 11.3. The van der Waals surface area contributed by atoms with Crippen molar-refractivity contribution in [2.45, 2.75) is 45.1 Å². The predicted molar refractivity (Wildman–Crippen MR) is 120 cm³/mol. The quantitative estimate of drug-likeness (QED) is 0.627. The molecule has 6 nitrogen and oxygen atoms in total. The summed E-state index contributed by atoms with van der Waals surface area (Å²) in [5.41, 5.74) is 1.08. The van der Waals surface area contributed by atoms with Gasteiger partial charge in [0.05, 0.1) is 12.6 Å². The number of likely N-dealkylation sites (tertiary alicyclic amines) is 2. The number of hydrogen-bond donors (Lipinski definition) is 2. The number of nitrogens with zero attached hydrogens (tertiary/aromatic N) is 2. The third-order valence-electron chi connectivity index (χ3n) is 6.21. The van der Waals surface area contributed by atoms with Crippen LogP contribution in [0.2, 0.25) is 5.02 Å². The van der Waals surface area contributed by atoms with Gasteiger partial charge in [-0.15, -0.1) is 0 Å². The Morgan fingerprint density at radius 2 is 1.80 bits per heavy atom. The summed E-state index contributed by atoms with van der Waals surface area (Å²) in [5.74, 6) is 0.282. The largest absolute Gasteiger partial charge is 0.356 e. The summed E-state index contributed by atoms with van der Waals surface area (Å²) in [6.07, 6.45) is 4.97. The van der Waals surface area contributed by atoms with Crippen LogP contribution in [-0.2, 0) is 9.59 Å². The summed E-state index contributed by atoms with van der Waals surface area (Å²) in [7, 11) is 0. The van der Waals surface area contributed by atoms with Gasteiger partial charge in [0.2, 0.25) is 11.8 Å². The highest BCUT2D eigenvalue weighted by Gasteiger charge is 2.27. The van der Waals surface area contributed by atoms with Gasteiger partial charge < -0.3 is 10.6 Å². The summed E-state index contributed by atoms with van der Waals surface area (Å²) >= 11 is 6.46. The Bertz CT molecular complexity index is 700. The summed E-state index contributed by atoms with van der Waals surface area (Å²) in [4.78, 5) is 29.3. The number of halogens is 1. The summed E-state index contributed by atoms with van der Waals surface area (Å²) < 4.78 is 0. The van der Waals surface area contributed by atoms with Crippen LogP contribution in [0.4, 0.5) is 0 Å². The second-order valence-electron chi connectivity index (χ2n) is 8.43. The Balaban J connectivity index is 1.47. The number of hydrogen-bond acceptors (Lipinski definition) is 4. The number of rotatable bonds is 9. The van der Waals surface area contributed by atoms with E-state index in [1.54, 1.807) is 0 Å². The standard InChI is InChI=1S/C23H35ClN4O2/c1-2-11-25-23(30)18-9-14-27(15-10-18)17-22(29)26-16-21(28-12-5-6-13-28)19-7-3-4-8-20(19)24/h3-4,7-8,18,21H,2,5-6,9-17H2,1H3,(H,25,30)(H,26,29). The molecule has 0 radical (unpaired) electrons. The van der Waals surface area contributed by atoms with Gasteiger partial charge in [0.1, 0.15) is 0 Å². The molecule has 1 unspecified atom stereocenters. The average Bonchev–Trinajstić information content (AvgIpc) is 3.28. The van der Waals surface area contributed by atoms with Crippen molar-refractivity contribution in [3.63, 3.8) is 0 Å². The summed E-state index contributed by atoms with van der Waals surface area (Å²) in [5, 5.41) is 6.88. The highest BCUT2D eigenvalue weighted by Crippen LogP contribution is 2.29. The Hall–Kier alpha value is -1.63. The minimum atomic E-state index is 0.0418. The van der Waals surface area contributed by atoms with E-state index in [4.69, 9.17) is 11.6 Å². The molecule has 2 fully saturated rings. The van der Waals surface area contributed by atoms with Crippen LogP contribution in [0.5, 0.6) is 0 Å². The van der Waals surface area contributed by atoms with Crippen molar-refractivity contribution in [1.29, 1.82) is 0 Å². The lowest BCUT2D eigenvalue weighted by atomic mass is 9.96. The predicted octanol–water partition coefficient (Wildman–Crippen LogP) is 2.83. The fraction of sp³-hybridized carbons (Fsp3) is 0.652. The van der Waals surface area contributed by atoms with Gasteiger partial charge in [-0.3, -0.25) is 19.4 Å². The maximum absolute atomic E-state index is 12.6. The van der Waals surface area contributed by atoms with Gasteiger partial charge in [-0.05, 0) is 69.9 Å². The molecule has 0 spiro atoms. The first kappa shape index (κ1) is 23.0. The second-order valence-corrected chi connectivity index (χ2v) is 8.83. The van der Waals surface area contributed by atoms with E-state index in [9.17, 15) is 9.59 Å². The molecule has 0 aliphatic carbocycles. The van der Waals surface area contributed by atoms with Gasteiger partial charge in [0, 0.05) is 24.0 Å². The highest BCUT2D eigenvalue weighted by atomic mass is 35.5. The molecule has 2 N–H and O–H groups in total. The normalized spacial score (nSPS) is 19.5. The lowest BCUT2D eigenvalue weighted by Crippen LogP contribution is -2.46. The number of amides is 2. The first-order valence-corrected chi connectivity index (χ1v) is 11.7. The van der Waals surface area contributed by atoms with Crippen molar-refractivity contribution in [2.75, 3.05) is 45.8 Å². The van der Waals surface area contributed by atoms with Crippen LogP contribution in [-0.4, -0.2) is 67.4 Å². The van der Waals surface area contributed by atoms with Gasteiger partial charge in [0.15, 0.2) is 0 Å². The van der Waals surface area contributed by atoms with E-state index < -0.39 is 0 Å². The van der Waals surface area contributed by atoms with Crippen molar-refractivity contribution in [3.05, 3.63) is 34.9 Å². The first-order chi connectivity index (χ1) is 14.6. The van der Waals surface area contributed by atoms with Crippen molar-refractivity contribution in [3.8, 4) is 0 Å². The lowest BCUT2D eigenvalue weighted by molar-refractivity contribution is -0.126. The van der Waals surface area contributed by atoms with Crippen molar-refractivity contribution < 1.29 is 9.59 Å². The lowest BCUT2D eigenvalue weighted by Gasteiger charge is -2.32. The molecule has 1 aromatic rings. The van der Waals surface area contributed by atoms with Gasteiger partial charge in [-0.25, -0.2) is 0 Å². The Morgan fingerprint density at radius 1 is 1.10 bits per heavy atom. The van der Waals surface area contributed by atoms with E-state index >= 15 is 0 Å².